The van der Waals surface area contributed by atoms with Crippen LogP contribution in [0.1, 0.15) is 16.7 Å². The summed E-state index contributed by atoms with van der Waals surface area (Å²) in [6.07, 6.45) is 2.27. The average Bonchev–Trinajstić information content (AvgIpc) is 2.58. The van der Waals surface area contributed by atoms with Gasteiger partial charge in [-0.15, -0.1) is 0 Å². The molecule has 0 spiro atoms. The number of rotatable bonds is 4. The van der Waals surface area contributed by atoms with Crippen LogP contribution < -0.4 is 59.1 Å². The molecule has 0 aromatic heterocycles. The molecule has 0 saturated carbocycles. The Morgan fingerprint density at radius 1 is 0.893 bits per heavy atom. The van der Waals surface area contributed by atoms with Crippen molar-refractivity contribution in [2.75, 3.05) is 0 Å². The summed E-state index contributed by atoms with van der Waals surface area (Å²) in [4.78, 5) is 1.73. The van der Waals surface area contributed by atoms with E-state index in [1.54, 1.807) is 6.07 Å². The van der Waals surface area contributed by atoms with Crippen LogP contribution >= 0.6 is 0 Å². The SMILES string of the molecule is [C-]#[N+]c1ccc(/C=C/c2ccc(C#N)cc2S(=O)(=O)[O-])c(S(=O)(=O)[O-])c1.[Na+].[Na+]. The molecular weight excluding hydrogens is 426 g/mol. The van der Waals surface area contributed by atoms with Crippen molar-refractivity contribution >= 4 is 38.1 Å². The van der Waals surface area contributed by atoms with E-state index in [0.717, 1.165) is 24.3 Å². The molecule has 8 nitrogen and oxygen atoms in total. The van der Waals surface area contributed by atoms with Crippen LogP contribution in [0, 0.1) is 17.9 Å². The topological polar surface area (TPSA) is 143 Å². The summed E-state index contributed by atoms with van der Waals surface area (Å²) < 4.78 is 68.2. The van der Waals surface area contributed by atoms with Gasteiger partial charge in [0.05, 0.1) is 28.0 Å². The van der Waals surface area contributed by atoms with Gasteiger partial charge in [0.2, 0.25) is 0 Å². The van der Waals surface area contributed by atoms with Gasteiger partial charge in [0, 0.05) is 0 Å². The number of hydrogen-bond donors (Lipinski definition) is 0. The van der Waals surface area contributed by atoms with Crippen LogP contribution in [0.3, 0.4) is 0 Å². The van der Waals surface area contributed by atoms with Gasteiger partial charge in [-0.3, -0.25) is 0 Å². The fourth-order valence-corrected chi connectivity index (χ4v) is 3.47. The molecule has 0 fully saturated rings. The summed E-state index contributed by atoms with van der Waals surface area (Å²) >= 11 is 0. The van der Waals surface area contributed by atoms with Gasteiger partial charge in [-0.25, -0.2) is 21.7 Å². The number of benzene rings is 2. The minimum absolute atomic E-state index is 0. The largest absolute Gasteiger partial charge is 1.00 e. The zero-order chi connectivity index (χ0) is 19.5. The summed E-state index contributed by atoms with van der Waals surface area (Å²) in [6.45, 7) is 6.87. The first-order valence-corrected chi connectivity index (χ1v) is 9.53. The molecule has 0 aliphatic rings. The quantitative estimate of drug-likeness (QED) is 0.207. The molecule has 0 atom stereocenters. The van der Waals surface area contributed by atoms with Crippen molar-refractivity contribution in [3.05, 3.63) is 64.5 Å². The Bertz CT molecular complexity index is 1120. The smallest absolute Gasteiger partial charge is 0.744 e. The van der Waals surface area contributed by atoms with Gasteiger partial charge >= 0.3 is 59.1 Å². The Labute approximate surface area is 206 Å². The van der Waals surface area contributed by atoms with Crippen LogP contribution in [0.5, 0.6) is 0 Å². The van der Waals surface area contributed by atoms with E-state index >= 15 is 0 Å². The van der Waals surface area contributed by atoms with Gasteiger partial charge in [-0.05, 0) is 29.3 Å². The third kappa shape index (κ3) is 6.79. The van der Waals surface area contributed by atoms with E-state index in [2.05, 4.69) is 4.85 Å². The van der Waals surface area contributed by atoms with E-state index < -0.39 is 30.0 Å². The molecule has 0 saturated heterocycles. The minimum atomic E-state index is -4.89. The Hall–Kier alpha value is -1.02. The predicted molar refractivity (Wildman–Crippen MR) is 88.7 cm³/mol. The molecule has 0 unspecified atom stereocenters. The van der Waals surface area contributed by atoms with E-state index in [4.69, 9.17) is 11.8 Å². The fourth-order valence-electron chi connectivity index (χ4n) is 2.08. The Morgan fingerprint density at radius 2 is 1.36 bits per heavy atom. The average molecular weight is 434 g/mol. The van der Waals surface area contributed by atoms with Gasteiger partial charge in [0.25, 0.3) is 0 Å². The van der Waals surface area contributed by atoms with Crippen molar-refractivity contribution in [2.45, 2.75) is 9.79 Å². The summed E-state index contributed by atoms with van der Waals surface area (Å²) in [6, 6.07) is 8.49. The van der Waals surface area contributed by atoms with Crippen LogP contribution in [0.4, 0.5) is 5.69 Å². The molecule has 2 rings (SSSR count). The zero-order valence-corrected chi connectivity index (χ0v) is 20.4. The number of hydrogen-bond acceptors (Lipinski definition) is 7. The van der Waals surface area contributed by atoms with Crippen molar-refractivity contribution in [2.24, 2.45) is 0 Å². The molecule has 0 bridgehead atoms. The first kappa shape index (κ1) is 27.0. The van der Waals surface area contributed by atoms with Gasteiger partial charge in [-0.1, -0.05) is 30.4 Å². The van der Waals surface area contributed by atoms with Crippen LogP contribution in [0.2, 0.25) is 0 Å². The molecule has 0 heterocycles. The molecule has 28 heavy (non-hydrogen) atoms. The Kier molecular flexibility index (Phi) is 10.3. The Morgan fingerprint density at radius 3 is 1.79 bits per heavy atom. The van der Waals surface area contributed by atoms with E-state index in [0.29, 0.717) is 0 Å². The Balaban J connectivity index is 0.00000364. The molecule has 0 amide bonds. The fraction of sp³-hybridized carbons (Fsp3) is 0. The second kappa shape index (κ2) is 10.7. The van der Waals surface area contributed by atoms with Crippen molar-refractivity contribution in [3.63, 3.8) is 0 Å². The second-order valence-corrected chi connectivity index (χ2v) is 7.64. The summed E-state index contributed by atoms with van der Waals surface area (Å²) in [7, 11) is -9.78. The summed E-state index contributed by atoms with van der Waals surface area (Å²) in [5.74, 6) is 0. The molecule has 0 N–H and O–H groups in total. The summed E-state index contributed by atoms with van der Waals surface area (Å²) in [5, 5.41) is 8.81. The van der Waals surface area contributed by atoms with Gasteiger partial charge in [-0.2, -0.15) is 5.26 Å². The third-order valence-corrected chi connectivity index (χ3v) is 5.03. The van der Waals surface area contributed by atoms with Crippen molar-refractivity contribution < 1.29 is 85.1 Å². The monoisotopic (exact) mass is 434 g/mol. The maximum Gasteiger partial charge on any atom is 1.00 e. The first-order chi connectivity index (χ1) is 12.1. The molecule has 132 valence electrons. The molecule has 12 heteroatoms. The summed E-state index contributed by atoms with van der Waals surface area (Å²) in [5.41, 5.74) is -0.257. The van der Waals surface area contributed by atoms with Crippen LogP contribution in [0.15, 0.2) is 46.2 Å². The van der Waals surface area contributed by atoms with E-state index in [9.17, 15) is 25.9 Å². The maximum absolute atomic E-state index is 11.4. The van der Waals surface area contributed by atoms with Gasteiger partial charge in [0.15, 0.2) is 5.69 Å². The molecule has 2 aromatic carbocycles. The van der Waals surface area contributed by atoms with Crippen molar-refractivity contribution in [1.29, 1.82) is 5.26 Å². The second-order valence-electron chi connectivity index (χ2n) is 4.94. The molecule has 0 aliphatic carbocycles. The van der Waals surface area contributed by atoms with Gasteiger partial charge in [0.1, 0.15) is 20.2 Å². The number of nitrogens with zero attached hydrogens (tertiary/aromatic N) is 2. The number of nitriles is 1. The van der Waals surface area contributed by atoms with Crippen molar-refractivity contribution in [3.8, 4) is 6.07 Å². The van der Waals surface area contributed by atoms with Crippen molar-refractivity contribution in [1.82, 2.24) is 0 Å². The molecular formula is C16H8N2Na2O6S2. The molecule has 0 radical (unpaired) electrons. The van der Waals surface area contributed by atoms with Crippen LogP contribution in [-0.2, 0) is 20.2 Å². The zero-order valence-electron chi connectivity index (χ0n) is 14.8. The molecule has 0 aliphatic heterocycles. The maximum atomic E-state index is 11.4. The first-order valence-electron chi connectivity index (χ1n) is 6.72. The van der Waals surface area contributed by atoms with Crippen LogP contribution in [0.25, 0.3) is 17.0 Å². The van der Waals surface area contributed by atoms with E-state index in [1.165, 1.54) is 24.3 Å². The third-order valence-electron chi connectivity index (χ3n) is 3.25. The molecule has 2 aromatic rings. The van der Waals surface area contributed by atoms with Gasteiger partial charge < -0.3 is 9.11 Å². The van der Waals surface area contributed by atoms with E-state index in [-0.39, 0.29) is 81.5 Å². The van der Waals surface area contributed by atoms with Crippen LogP contribution in [-0.4, -0.2) is 25.9 Å². The predicted octanol–water partition coefficient (Wildman–Crippen LogP) is -3.90. The standard InChI is InChI=1S/C16H10N2O6S2.2Na/c1-18-14-7-6-13(16(9-14)26(22,23)24)5-4-12-3-2-11(10-17)8-15(12)25(19,20)21;;/h2-9H,(H,19,20,21)(H,22,23,24);;/q;2*+1/p-2/b5-4+;;. The normalized spacial score (nSPS) is 11.0. The minimum Gasteiger partial charge on any atom is -0.744 e. The van der Waals surface area contributed by atoms with E-state index in [1.807, 2.05) is 0 Å².